The van der Waals surface area contributed by atoms with Gasteiger partial charge in [0, 0.05) is 18.2 Å². The van der Waals surface area contributed by atoms with Crippen LogP contribution in [0.15, 0.2) is 36.5 Å². The van der Waals surface area contributed by atoms with Crippen LogP contribution in [0.25, 0.3) is 0 Å². The third-order valence-electron chi connectivity index (χ3n) is 2.59. The molecule has 2 rings (SSSR count). The lowest BCUT2D eigenvalue weighted by Gasteiger charge is -2.08. The normalized spacial score (nSPS) is 10.4. The van der Waals surface area contributed by atoms with Crippen molar-refractivity contribution in [3.8, 4) is 0 Å². The van der Waals surface area contributed by atoms with Crippen LogP contribution in [0.1, 0.15) is 16.7 Å². The van der Waals surface area contributed by atoms with Crippen LogP contribution in [0.4, 0.5) is 10.2 Å². The number of hydrogen-bond acceptors (Lipinski definition) is 2. The number of nitrogen functional groups attached to an aromatic ring is 1. The lowest BCUT2D eigenvalue weighted by molar-refractivity contribution is 0.626. The van der Waals surface area contributed by atoms with E-state index in [0.29, 0.717) is 12.2 Å². The largest absolute Gasteiger partial charge is 0.383 e. The molecule has 0 aliphatic heterocycles. The van der Waals surface area contributed by atoms with E-state index in [-0.39, 0.29) is 5.82 Å². The Morgan fingerprint density at radius 3 is 2.81 bits per heavy atom. The third kappa shape index (κ3) is 2.19. The minimum absolute atomic E-state index is 0.224. The molecule has 0 unspecified atom stereocenters. The zero-order valence-electron chi connectivity index (χ0n) is 9.07. The fourth-order valence-corrected chi connectivity index (χ4v) is 1.69. The molecule has 0 aliphatic rings. The summed E-state index contributed by atoms with van der Waals surface area (Å²) in [5.74, 6) is 0.293. The maximum absolute atomic E-state index is 13.0. The van der Waals surface area contributed by atoms with E-state index in [1.165, 1.54) is 12.1 Å². The van der Waals surface area contributed by atoms with Gasteiger partial charge in [-0.2, -0.15) is 0 Å². The van der Waals surface area contributed by atoms with Crippen molar-refractivity contribution in [3.05, 3.63) is 59.0 Å². The number of benzene rings is 1. The van der Waals surface area contributed by atoms with Crippen molar-refractivity contribution < 1.29 is 4.39 Å². The van der Waals surface area contributed by atoms with Crippen LogP contribution in [0.3, 0.4) is 0 Å². The van der Waals surface area contributed by atoms with Crippen LogP contribution in [0.2, 0.25) is 0 Å². The van der Waals surface area contributed by atoms with Crippen LogP contribution in [0.5, 0.6) is 0 Å². The molecular weight excluding hydrogens is 203 g/mol. The molecule has 1 aromatic heterocycles. The average Bonchev–Trinajstić information content (AvgIpc) is 2.24. The molecular formula is C13H13FN2. The Bertz CT molecular complexity index is 489. The van der Waals surface area contributed by atoms with Crippen LogP contribution in [0, 0.1) is 12.7 Å². The Balaban J connectivity index is 2.34. The highest BCUT2D eigenvalue weighted by Crippen LogP contribution is 2.18. The molecule has 2 N–H and O–H groups in total. The van der Waals surface area contributed by atoms with Crippen LogP contribution >= 0.6 is 0 Å². The molecule has 0 atom stereocenters. The Labute approximate surface area is 93.9 Å². The van der Waals surface area contributed by atoms with Gasteiger partial charge in [-0.25, -0.2) is 9.37 Å². The zero-order chi connectivity index (χ0) is 11.5. The van der Waals surface area contributed by atoms with Crippen molar-refractivity contribution in [3.63, 3.8) is 0 Å². The van der Waals surface area contributed by atoms with Gasteiger partial charge in [-0.15, -0.1) is 0 Å². The summed E-state index contributed by atoms with van der Waals surface area (Å²) in [5.41, 5.74) is 8.75. The number of nitrogens with zero attached hydrogens (tertiary/aromatic N) is 1. The predicted molar refractivity (Wildman–Crippen MR) is 62.6 cm³/mol. The maximum Gasteiger partial charge on any atom is 0.127 e. The summed E-state index contributed by atoms with van der Waals surface area (Å²) < 4.78 is 13.0. The third-order valence-corrected chi connectivity index (χ3v) is 2.59. The molecule has 2 nitrogen and oxygen atoms in total. The Morgan fingerprint density at radius 2 is 2.12 bits per heavy atom. The minimum atomic E-state index is -0.224. The average molecular weight is 216 g/mol. The predicted octanol–water partition coefficient (Wildman–Crippen LogP) is 2.70. The molecule has 0 fully saturated rings. The molecule has 1 aromatic carbocycles. The van der Waals surface area contributed by atoms with E-state index < -0.39 is 0 Å². The summed E-state index contributed by atoms with van der Waals surface area (Å²) in [5, 5.41) is 0. The highest BCUT2D eigenvalue weighted by molar-refractivity contribution is 5.46. The van der Waals surface area contributed by atoms with Crippen molar-refractivity contribution in [2.45, 2.75) is 13.3 Å². The van der Waals surface area contributed by atoms with Crippen LogP contribution in [-0.2, 0) is 6.42 Å². The van der Waals surface area contributed by atoms with E-state index in [1.54, 1.807) is 12.3 Å². The van der Waals surface area contributed by atoms with Gasteiger partial charge in [-0.1, -0.05) is 12.1 Å². The first-order valence-electron chi connectivity index (χ1n) is 5.11. The van der Waals surface area contributed by atoms with Crippen molar-refractivity contribution in [2.24, 2.45) is 0 Å². The summed E-state index contributed by atoms with van der Waals surface area (Å²) in [6, 6.07) is 8.45. The van der Waals surface area contributed by atoms with Gasteiger partial charge in [0.15, 0.2) is 0 Å². The molecule has 0 aliphatic carbocycles. The van der Waals surface area contributed by atoms with Gasteiger partial charge < -0.3 is 5.73 Å². The van der Waals surface area contributed by atoms with Crippen molar-refractivity contribution in [1.82, 2.24) is 4.98 Å². The van der Waals surface area contributed by atoms with Gasteiger partial charge >= 0.3 is 0 Å². The fraction of sp³-hybridized carbons (Fsp3) is 0.154. The molecule has 3 heteroatoms. The first kappa shape index (κ1) is 10.6. The van der Waals surface area contributed by atoms with E-state index in [9.17, 15) is 4.39 Å². The maximum atomic E-state index is 13.0. The van der Waals surface area contributed by atoms with E-state index in [1.807, 2.05) is 19.1 Å². The van der Waals surface area contributed by atoms with Gasteiger partial charge in [-0.05, 0) is 36.2 Å². The molecule has 0 radical (unpaired) electrons. The topological polar surface area (TPSA) is 38.9 Å². The molecule has 2 aromatic rings. The SMILES string of the molecule is Cc1ccnc(N)c1Cc1cccc(F)c1. The van der Waals surface area contributed by atoms with Crippen LogP contribution < -0.4 is 5.73 Å². The second kappa shape index (κ2) is 4.31. The van der Waals surface area contributed by atoms with Crippen molar-refractivity contribution in [1.29, 1.82) is 0 Å². The molecule has 0 bridgehead atoms. The van der Waals surface area contributed by atoms with Gasteiger partial charge in [0.2, 0.25) is 0 Å². The van der Waals surface area contributed by atoms with E-state index in [4.69, 9.17) is 5.73 Å². The molecule has 0 saturated carbocycles. The molecule has 1 heterocycles. The lowest BCUT2D eigenvalue weighted by atomic mass is 10.0. The van der Waals surface area contributed by atoms with Gasteiger partial charge in [0.1, 0.15) is 11.6 Å². The first-order chi connectivity index (χ1) is 7.66. The number of anilines is 1. The summed E-state index contributed by atoms with van der Waals surface area (Å²) in [7, 11) is 0. The standard InChI is InChI=1S/C13H13FN2/c1-9-5-6-16-13(15)12(9)8-10-3-2-4-11(14)7-10/h2-7H,8H2,1H3,(H2,15,16). The number of halogens is 1. The summed E-state index contributed by atoms with van der Waals surface area (Å²) in [4.78, 5) is 4.04. The second-order valence-electron chi connectivity index (χ2n) is 3.80. The first-order valence-corrected chi connectivity index (χ1v) is 5.11. The quantitative estimate of drug-likeness (QED) is 0.838. The van der Waals surface area contributed by atoms with Crippen LogP contribution in [-0.4, -0.2) is 4.98 Å². The van der Waals surface area contributed by atoms with E-state index >= 15 is 0 Å². The Hall–Kier alpha value is -1.90. The van der Waals surface area contributed by atoms with Crippen molar-refractivity contribution >= 4 is 5.82 Å². The number of hydrogen-bond donors (Lipinski definition) is 1. The summed E-state index contributed by atoms with van der Waals surface area (Å²) in [6.07, 6.45) is 2.29. The molecule has 16 heavy (non-hydrogen) atoms. The summed E-state index contributed by atoms with van der Waals surface area (Å²) in [6.45, 7) is 1.98. The molecule has 0 amide bonds. The van der Waals surface area contributed by atoms with Crippen molar-refractivity contribution in [2.75, 3.05) is 5.73 Å². The number of rotatable bonds is 2. The molecule has 0 saturated heterocycles. The smallest absolute Gasteiger partial charge is 0.127 e. The number of nitrogens with two attached hydrogens (primary N) is 1. The highest BCUT2D eigenvalue weighted by Gasteiger charge is 2.05. The Morgan fingerprint density at radius 1 is 1.31 bits per heavy atom. The second-order valence-corrected chi connectivity index (χ2v) is 3.80. The monoisotopic (exact) mass is 216 g/mol. The number of aromatic nitrogens is 1. The summed E-state index contributed by atoms with van der Waals surface area (Å²) >= 11 is 0. The van der Waals surface area contributed by atoms with Gasteiger partial charge in [-0.3, -0.25) is 0 Å². The molecule has 82 valence electrons. The Kier molecular flexibility index (Phi) is 2.86. The minimum Gasteiger partial charge on any atom is -0.383 e. The number of pyridine rings is 1. The van der Waals surface area contributed by atoms with E-state index in [0.717, 1.165) is 16.7 Å². The zero-order valence-corrected chi connectivity index (χ0v) is 9.07. The molecule has 0 spiro atoms. The van der Waals surface area contributed by atoms with E-state index in [2.05, 4.69) is 4.98 Å². The highest BCUT2D eigenvalue weighted by atomic mass is 19.1. The fourth-order valence-electron chi connectivity index (χ4n) is 1.69. The number of aryl methyl sites for hydroxylation is 1. The van der Waals surface area contributed by atoms with Gasteiger partial charge in [0.25, 0.3) is 0 Å². The van der Waals surface area contributed by atoms with Gasteiger partial charge in [0.05, 0.1) is 0 Å². The lowest BCUT2D eigenvalue weighted by Crippen LogP contribution is -2.01.